The minimum atomic E-state index is -0.348. The first-order chi connectivity index (χ1) is 6.16. The first-order valence-electron chi connectivity index (χ1n) is 4.64. The summed E-state index contributed by atoms with van der Waals surface area (Å²) in [5, 5.41) is 0. The molecule has 0 bridgehead atoms. The van der Waals surface area contributed by atoms with Crippen LogP contribution in [0.5, 0.6) is 0 Å². The molecule has 0 rings (SSSR count). The van der Waals surface area contributed by atoms with Gasteiger partial charge in [0.1, 0.15) is 0 Å². The zero-order valence-corrected chi connectivity index (χ0v) is 8.48. The summed E-state index contributed by atoms with van der Waals surface area (Å²) in [6.45, 7) is 14.9. The molecule has 0 aromatic rings. The average Bonchev–Trinajstić information content (AvgIpc) is 2.04. The molecule has 70 valence electrons. The molecule has 0 nitrogen and oxygen atoms in total. The molecule has 1 atom stereocenters. The van der Waals surface area contributed by atoms with E-state index >= 15 is 0 Å². The van der Waals surface area contributed by atoms with Crippen LogP contribution >= 0.6 is 0 Å². The lowest BCUT2D eigenvalue weighted by atomic mass is 9.95. The van der Waals surface area contributed by atoms with E-state index in [1.165, 1.54) is 0 Å². The monoisotopic (exact) mass is 174 g/mol. The molecule has 0 spiro atoms. The van der Waals surface area contributed by atoms with Gasteiger partial charge in [0.05, 0.1) is 0 Å². The van der Waals surface area contributed by atoms with Crippen LogP contribution in [-0.4, -0.2) is 0 Å². The third-order valence-electron chi connectivity index (χ3n) is 1.63. The molecule has 0 aliphatic heterocycles. The Kier molecular flexibility index (Phi) is 8.59. The van der Waals surface area contributed by atoms with Gasteiger partial charge in [0.25, 0.3) is 0 Å². The van der Waals surface area contributed by atoms with Crippen molar-refractivity contribution >= 4 is 0 Å². The van der Waals surface area contributed by atoms with Crippen molar-refractivity contribution in [2.24, 2.45) is 11.8 Å². The molecule has 0 heteroatoms. The second kappa shape index (κ2) is 8.59. The van der Waals surface area contributed by atoms with Gasteiger partial charge in [-0.2, -0.15) is 0 Å². The summed E-state index contributed by atoms with van der Waals surface area (Å²) in [7, 11) is 0. The van der Waals surface area contributed by atoms with Crippen molar-refractivity contribution in [2.45, 2.75) is 20.3 Å². The topological polar surface area (TPSA) is 0 Å². The standard InChI is InChI=1S/C13H18/c1-5-6-7-10-13(4)11-8-9-12(2)3/h2-3,5-6,8-13H,7H2,1,4H3/t13-/m1/s1. The Balaban J connectivity index is 3.15. The Morgan fingerprint density at radius 2 is 1.92 bits per heavy atom. The van der Waals surface area contributed by atoms with Crippen LogP contribution in [0.3, 0.4) is 0 Å². The smallest absolute Gasteiger partial charge is 0.0312 e. The quantitative estimate of drug-likeness (QED) is 0.495. The van der Waals surface area contributed by atoms with Crippen LogP contribution in [0.25, 0.3) is 0 Å². The van der Waals surface area contributed by atoms with Gasteiger partial charge in [-0.3, -0.25) is 0 Å². The zero-order chi connectivity index (χ0) is 10.1. The predicted octanol–water partition coefficient (Wildman–Crippen LogP) is 3.30. The van der Waals surface area contributed by atoms with E-state index in [0.717, 1.165) is 6.42 Å². The Hall–Kier alpha value is 0. The minimum absolute atomic E-state index is 0.348. The number of unbranched alkanes of at least 4 members (excludes halogenated alkanes) is 2. The lowest BCUT2D eigenvalue weighted by Crippen LogP contribution is -2.00. The second-order valence-corrected chi connectivity index (χ2v) is 3.05. The Morgan fingerprint density at radius 1 is 1.23 bits per heavy atom. The van der Waals surface area contributed by atoms with Gasteiger partial charge < -0.3 is 0 Å². The molecule has 0 N–H and O–H groups in total. The molecule has 0 fully saturated rings. The van der Waals surface area contributed by atoms with Gasteiger partial charge in [-0.25, -0.2) is 0 Å². The Bertz CT molecular complexity index is 94.2. The van der Waals surface area contributed by atoms with Crippen LogP contribution in [0.4, 0.5) is 0 Å². The molecule has 0 saturated carbocycles. The van der Waals surface area contributed by atoms with Crippen molar-refractivity contribution in [3.05, 3.63) is 52.4 Å². The van der Waals surface area contributed by atoms with Crippen LogP contribution in [0.2, 0.25) is 0 Å². The highest BCUT2D eigenvalue weighted by Crippen LogP contribution is 2.13. The fourth-order valence-corrected chi connectivity index (χ4v) is 0.876. The highest BCUT2D eigenvalue weighted by atomic mass is 14.1. The number of rotatable bonds is 8. The van der Waals surface area contributed by atoms with E-state index < -0.39 is 0 Å². The van der Waals surface area contributed by atoms with Gasteiger partial charge in [-0.05, 0) is 70.6 Å². The van der Waals surface area contributed by atoms with Gasteiger partial charge in [0.15, 0.2) is 0 Å². The molecule has 0 aromatic heterocycles. The van der Waals surface area contributed by atoms with E-state index in [9.17, 15) is 0 Å². The molecule has 0 saturated heterocycles. The fraction of sp³-hybridized carbons (Fsp3) is 0.385. The first-order valence-corrected chi connectivity index (χ1v) is 4.64. The third-order valence-corrected chi connectivity index (χ3v) is 1.63. The fourth-order valence-electron chi connectivity index (χ4n) is 0.876. The van der Waals surface area contributed by atoms with Gasteiger partial charge in [-0.15, -0.1) is 0 Å². The maximum atomic E-state index is 5.35. The molecule has 0 aliphatic rings. The Labute approximate surface area is 85.1 Å². The van der Waals surface area contributed by atoms with Crippen molar-refractivity contribution in [1.82, 2.24) is 0 Å². The summed E-state index contributed by atoms with van der Waals surface area (Å²) < 4.78 is 0. The van der Waals surface area contributed by atoms with E-state index in [1.54, 1.807) is 6.42 Å². The van der Waals surface area contributed by atoms with Gasteiger partial charge >= 0.3 is 0 Å². The van der Waals surface area contributed by atoms with Crippen molar-refractivity contribution in [3.63, 3.8) is 0 Å². The third kappa shape index (κ3) is 9.92. The van der Waals surface area contributed by atoms with E-state index in [4.69, 9.17) is 13.8 Å². The minimum Gasteiger partial charge on any atom is -0.0620 e. The number of hydrogen-bond donors (Lipinski definition) is 0. The molecule has 0 aliphatic carbocycles. The molecule has 13 heavy (non-hydrogen) atoms. The van der Waals surface area contributed by atoms with E-state index in [0.29, 0.717) is 5.92 Å². The summed E-state index contributed by atoms with van der Waals surface area (Å²) in [5.41, 5.74) is 0. The van der Waals surface area contributed by atoms with Crippen LogP contribution in [0, 0.1) is 64.2 Å². The summed E-state index contributed by atoms with van der Waals surface area (Å²) in [4.78, 5) is 0. The average molecular weight is 174 g/mol. The summed E-state index contributed by atoms with van der Waals surface area (Å²) in [6, 6.07) is 0. The van der Waals surface area contributed by atoms with E-state index in [1.807, 2.05) is 13.3 Å². The molecule has 10 radical (unpaired) electrons. The molecule has 0 amide bonds. The van der Waals surface area contributed by atoms with Gasteiger partial charge in [0.2, 0.25) is 0 Å². The van der Waals surface area contributed by atoms with Crippen molar-refractivity contribution in [3.8, 4) is 0 Å². The lowest BCUT2D eigenvalue weighted by molar-refractivity contribution is 0.751. The van der Waals surface area contributed by atoms with Gasteiger partial charge in [0, 0.05) is 0 Å². The molecule has 0 unspecified atom stereocenters. The largest absolute Gasteiger partial charge is 0.0620 e. The predicted molar refractivity (Wildman–Crippen MR) is 57.3 cm³/mol. The normalized spacial score (nSPS) is 13.6. The zero-order valence-electron chi connectivity index (χ0n) is 8.48. The summed E-state index contributed by atoms with van der Waals surface area (Å²) in [6.07, 6.45) is 13.2. The van der Waals surface area contributed by atoms with E-state index in [-0.39, 0.29) is 5.92 Å². The Morgan fingerprint density at radius 3 is 2.46 bits per heavy atom. The summed E-state index contributed by atoms with van der Waals surface area (Å²) in [5.74, 6) is 0.116. The van der Waals surface area contributed by atoms with Crippen LogP contribution in [0.1, 0.15) is 20.3 Å². The second-order valence-electron chi connectivity index (χ2n) is 3.05. The highest BCUT2D eigenvalue weighted by Gasteiger charge is 2.03. The summed E-state index contributed by atoms with van der Waals surface area (Å²) >= 11 is 0. The molecular weight excluding hydrogens is 156 g/mol. The maximum Gasteiger partial charge on any atom is -0.0312 e. The highest BCUT2D eigenvalue weighted by molar-refractivity contribution is 5.05. The van der Waals surface area contributed by atoms with Crippen LogP contribution in [-0.2, 0) is 0 Å². The molecule has 0 aromatic carbocycles. The van der Waals surface area contributed by atoms with Crippen molar-refractivity contribution < 1.29 is 0 Å². The van der Waals surface area contributed by atoms with E-state index in [2.05, 4.69) is 32.6 Å². The van der Waals surface area contributed by atoms with Gasteiger partial charge in [-0.1, -0.05) is 13.8 Å². The molecular formula is C13H18. The van der Waals surface area contributed by atoms with Crippen LogP contribution < -0.4 is 0 Å². The van der Waals surface area contributed by atoms with Crippen molar-refractivity contribution in [1.29, 1.82) is 0 Å². The first kappa shape index (κ1) is 13.0. The van der Waals surface area contributed by atoms with Crippen LogP contribution in [0.15, 0.2) is 0 Å². The SMILES string of the molecule is [CH]C([CH])[CH][CH][CH][C@H](C)[CH]C[CH][CH]C. The molecule has 0 heterocycles. The number of hydrogen-bond acceptors (Lipinski definition) is 0. The lowest BCUT2D eigenvalue weighted by Gasteiger charge is -2.10. The maximum absolute atomic E-state index is 5.35. The van der Waals surface area contributed by atoms with Crippen molar-refractivity contribution in [2.75, 3.05) is 0 Å².